The summed E-state index contributed by atoms with van der Waals surface area (Å²) in [6.07, 6.45) is 2.05. The molecule has 102 valence electrons. The van der Waals surface area contributed by atoms with E-state index in [-0.39, 0.29) is 0 Å². The quantitative estimate of drug-likeness (QED) is 0.714. The number of H-pyrrole nitrogens is 1. The lowest BCUT2D eigenvalue weighted by molar-refractivity contribution is 0.696. The van der Waals surface area contributed by atoms with Crippen LogP contribution in [0.15, 0.2) is 48.7 Å². The molecule has 1 aromatic heterocycles. The lowest BCUT2D eigenvalue weighted by atomic mass is 10.1. The molecular weight excluding hydrogens is 291 g/mol. The van der Waals surface area contributed by atoms with Gasteiger partial charge in [0.05, 0.1) is 10.0 Å². The fourth-order valence-corrected chi connectivity index (χ4v) is 2.59. The van der Waals surface area contributed by atoms with E-state index in [1.54, 1.807) is 0 Å². The van der Waals surface area contributed by atoms with Crippen molar-refractivity contribution in [3.63, 3.8) is 0 Å². The molecule has 0 aliphatic rings. The lowest BCUT2D eigenvalue weighted by Crippen LogP contribution is -2.12. The van der Waals surface area contributed by atoms with Crippen LogP contribution < -0.4 is 5.32 Å². The highest BCUT2D eigenvalue weighted by Gasteiger charge is 2.03. The van der Waals surface area contributed by atoms with Crippen molar-refractivity contribution < 1.29 is 0 Å². The molecule has 2 N–H and O–H groups in total. The molecule has 3 rings (SSSR count). The van der Waals surface area contributed by atoms with Crippen molar-refractivity contribution in [1.29, 1.82) is 0 Å². The molecule has 4 heteroatoms. The van der Waals surface area contributed by atoms with Crippen LogP contribution in [-0.4, -0.2) is 4.98 Å². The Hall–Kier alpha value is -1.48. The third-order valence-electron chi connectivity index (χ3n) is 3.30. The van der Waals surface area contributed by atoms with Crippen LogP contribution in [-0.2, 0) is 13.1 Å². The fraction of sp³-hybridized carbons (Fsp3) is 0.125. The maximum absolute atomic E-state index is 6.01. The standard InChI is InChI=1S/C16H14Cl2N2/c17-14-6-5-11(7-15(14)18)8-19-9-12-10-20-16-4-2-1-3-13(12)16/h1-7,10,19-20H,8-9H2. The van der Waals surface area contributed by atoms with E-state index in [1.165, 1.54) is 16.5 Å². The van der Waals surface area contributed by atoms with Crippen LogP contribution in [0.5, 0.6) is 0 Å². The molecular formula is C16H14Cl2N2. The van der Waals surface area contributed by atoms with Gasteiger partial charge in [0.15, 0.2) is 0 Å². The summed E-state index contributed by atoms with van der Waals surface area (Å²) < 4.78 is 0. The zero-order chi connectivity index (χ0) is 13.9. The van der Waals surface area contributed by atoms with Crippen molar-refractivity contribution in [2.45, 2.75) is 13.1 Å². The van der Waals surface area contributed by atoms with E-state index in [9.17, 15) is 0 Å². The van der Waals surface area contributed by atoms with Gasteiger partial charge in [0.25, 0.3) is 0 Å². The van der Waals surface area contributed by atoms with E-state index in [2.05, 4.69) is 28.5 Å². The molecule has 0 aliphatic carbocycles. The zero-order valence-electron chi connectivity index (χ0n) is 10.8. The Bertz CT molecular complexity index is 734. The summed E-state index contributed by atoms with van der Waals surface area (Å²) in [5, 5.41) is 5.86. The lowest BCUT2D eigenvalue weighted by Gasteiger charge is -2.05. The molecule has 0 aliphatic heterocycles. The molecule has 0 atom stereocenters. The van der Waals surface area contributed by atoms with Crippen molar-refractivity contribution in [2.75, 3.05) is 0 Å². The first-order valence-electron chi connectivity index (χ1n) is 6.43. The summed E-state index contributed by atoms with van der Waals surface area (Å²) in [6, 6.07) is 14.0. The van der Waals surface area contributed by atoms with Crippen molar-refractivity contribution in [3.05, 3.63) is 69.8 Å². The van der Waals surface area contributed by atoms with Gasteiger partial charge in [-0.3, -0.25) is 0 Å². The number of aromatic nitrogens is 1. The Morgan fingerprint density at radius 2 is 1.80 bits per heavy atom. The van der Waals surface area contributed by atoms with Crippen LogP contribution >= 0.6 is 23.2 Å². The number of rotatable bonds is 4. The third-order valence-corrected chi connectivity index (χ3v) is 4.04. The fourth-order valence-electron chi connectivity index (χ4n) is 2.27. The monoisotopic (exact) mass is 304 g/mol. The third kappa shape index (κ3) is 2.83. The molecule has 0 saturated carbocycles. The van der Waals surface area contributed by atoms with Gasteiger partial charge in [0, 0.05) is 30.2 Å². The molecule has 20 heavy (non-hydrogen) atoms. The van der Waals surface area contributed by atoms with Gasteiger partial charge in [-0.1, -0.05) is 47.5 Å². The van der Waals surface area contributed by atoms with E-state index < -0.39 is 0 Å². The van der Waals surface area contributed by atoms with Crippen LogP contribution in [0.4, 0.5) is 0 Å². The minimum absolute atomic E-state index is 0.590. The van der Waals surface area contributed by atoms with Gasteiger partial charge in [0.1, 0.15) is 0 Å². The molecule has 3 aromatic rings. The summed E-state index contributed by atoms with van der Waals surface area (Å²) in [5.74, 6) is 0. The van der Waals surface area contributed by atoms with Crippen LogP contribution in [0.1, 0.15) is 11.1 Å². The van der Waals surface area contributed by atoms with Crippen molar-refractivity contribution in [1.82, 2.24) is 10.3 Å². The Morgan fingerprint density at radius 3 is 2.65 bits per heavy atom. The second kappa shape index (κ2) is 5.88. The first-order valence-corrected chi connectivity index (χ1v) is 7.19. The maximum atomic E-state index is 6.01. The van der Waals surface area contributed by atoms with Crippen LogP contribution in [0.25, 0.3) is 10.9 Å². The average Bonchev–Trinajstić information content (AvgIpc) is 2.86. The number of nitrogens with one attached hydrogen (secondary N) is 2. The van der Waals surface area contributed by atoms with E-state index in [0.29, 0.717) is 10.0 Å². The summed E-state index contributed by atoms with van der Waals surface area (Å²) in [5.41, 5.74) is 3.55. The number of fused-ring (bicyclic) bond motifs is 1. The van der Waals surface area contributed by atoms with Crippen LogP contribution in [0, 0.1) is 0 Å². The summed E-state index contributed by atoms with van der Waals surface area (Å²) in [6.45, 7) is 1.57. The molecule has 0 bridgehead atoms. The Morgan fingerprint density at radius 1 is 0.950 bits per heavy atom. The summed E-state index contributed by atoms with van der Waals surface area (Å²) in [7, 11) is 0. The molecule has 2 aromatic carbocycles. The summed E-state index contributed by atoms with van der Waals surface area (Å²) >= 11 is 11.9. The van der Waals surface area contributed by atoms with Gasteiger partial charge >= 0.3 is 0 Å². The molecule has 0 spiro atoms. The molecule has 1 heterocycles. The first kappa shape index (κ1) is 13.5. The average molecular weight is 305 g/mol. The summed E-state index contributed by atoms with van der Waals surface area (Å²) in [4.78, 5) is 3.27. The molecule has 2 nitrogen and oxygen atoms in total. The number of benzene rings is 2. The van der Waals surface area contributed by atoms with Gasteiger partial charge in [-0.2, -0.15) is 0 Å². The van der Waals surface area contributed by atoms with Crippen LogP contribution in [0.2, 0.25) is 10.0 Å². The molecule has 0 saturated heterocycles. The smallest absolute Gasteiger partial charge is 0.0595 e. The zero-order valence-corrected chi connectivity index (χ0v) is 12.3. The predicted molar refractivity (Wildman–Crippen MR) is 85.3 cm³/mol. The molecule has 0 fully saturated rings. The number of aromatic amines is 1. The Balaban J connectivity index is 1.66. The van der Waals surface area contributed by atoms with Gasteiger partial charge in [-0.15, -0.1) is 0 Å². The maximum Gasteiger partial charge on any atom is 0.0595 e. The van der Waals surface area contributed by atoms with Gasteiger partial charge < -0.3 is 10.3 Å². The van der Waals surface area contributed by atoms with Crippen molar-refractivity contribution >= 4 is 34.1 Å². The SMILES string of the molecule is Clc1ccc(CNCc2c[nH]c3ccccc23)cc1Cl. The molecule has 0 unspecified atom stereocenters. The van der Waals surface area contributed by atoms with E-state index in [1.807, 2.05) is 30.5 Å². The number of hydrogen-bond acceptors (Lipinski definition) is 1. The van der Waals surface area contributed by atoms with E-state index in [4.69, 9.17) is 23.2 Å². The van der Waals surface area contributed by atoms with Crippen molar-refractivity contribution in [3.8, 4) is 0 Å². The molecule has 0 amide bonds. The number of para-hydroxylation sites is 1. The predicted octanol–water partition coefficient (Wildman–Crippen LogP) is 4.76. The second-order valence-electron chi connectivity index (χ2n) is 4.71. The number of hydrogen-bond donors (Lipinski definition) is 2. The first-order chi connectivity index (χ1) is 9.74. The highest BCUT2D eigenvalue weighted by molar-refractivity contribution is 6.42. The largest absolute Gasteiger partial charge is 0.361 e. The molecule has 0 radical (unpaired) electrons. The highest BCUT2D eigenvalue weighted by Crippen LogP contribution is 2.22. The number of halogens is 2. The second-order valence-corrected chi connectivity index (χ2v) is 5.53. The minimum atomic E-state index is 0.590. The Labute approximate surface area is 127 Å². The highest BCUT2D eigenvalue weighted by atomic mass is 35.5. The van der Waals surface area contributed by atoms with E-state index in [0.717, 1.165) is 18.7 Å². The van der Waals surface area contributed by atoms with Gasteiger partial charge in [0.2, 0.25) is 0 Å². The Kier molecular flexibility index (Phi) is 3.97. The van der Waals surface area contributed by atoms with Gasteiger partial charge in [-0.25, -0.2) is 0 Å². The normalized spacial score (nSPS) is 11.1. The van der Waals surface area contributed by atoms with Crippen LogP contribution in [0.3, 0.4) is 0 Å². The topological polar surface area (TPSA) is 27.8 Å². The minimum Gasteiger partial charge on any atom is -0.361 e. The van der Waals surface area contributed by atoms with Crippen molar-refractivity contribution in [2.24, 2.45) is 0 Å². The van der Waals surface area contributed by atoms with E-state index >= 15 is 0 Å². The van der Waals surface area contributed by atoms with Gasteiger partial charge in [-0.05, 0) is 29.3 Å².